The molecule has 1 fully saturated rings. The number of thiazole rings is 1. The van der Waals surface area contributed by atoms with Crippen molar-refractivity contribution in [1.82, 2.24) is 4.57 Å². The Hall–Kier alpha value is -3.63. The lowest BCUT2D eigenvalue weighted by atomic mass is 9.96. The van der Waals surface area contributed by atoms with Crippen LogP contribution >= 0.6 is 11.3 Å². The number of ether oxygens (including phenoxy) is 3. The number of fused-ring (bicyclic) bond motifs is 1. The molecule has 9 nitrogen and oxygen atoms in total. The Morgan fingerprint density at radius 2 is 1.94 bits per heavy atom. The van der Waals surface area contributed by atoms with Crippen molar-refractivity contribution in [3.63, 3.8) is 0 Å². The van der Waals surface area contributed by atoms with Crippen LogP contribution in [0.4, 0.5) is 5.88 Å². The maximum atomic E-state index is 13.7. The van der Waals surface area contributed by atoms with E-state index >= 15 is 0 Å². The van der Waals surface area contributed by atoms with Crippen LogP contribution in [0.3, 0.4) is 0 Å². The van der Waals surface area contributed by atoms with Gasteiger partial charge in [-0.1, -0.05) is 23.5 Å². The number of methoxy groups -OCH3 is 1. The molecule has 0 aliphatic carbocycles. The average Bonchev–Trinajstić information content (AvgIpc) is 3.48. The van der Waals surface area contributed by atoms with Gasteiger partial charge < -0.3 is 23.5 Å². The first-order chi connectivity index (χ1) is 17.5. The zero-order valence-electron chi connectivity index (χ0n) is 20.4. The van der Waals surface area contributed by atoms with E-state index in [-0.39, 0.29) is 12.2 Å². The molecular weight excluding hydrogens is 482 g/mol. The smallest absolute Gasteiger partial charge is 0.338 e. The highest BCUT2D eigenvalue weighted by molar-refractivity contribution is 7.07. The van der Waals surface area contributed by atoms with E-state index in [2.05, 4.69) is 9.89 Å². The van der Waals surface area contributed by atoms with E-state index in [0.29, 0.717) is 45.3 Å². The fourth-order valence-electron chi connectivity index (χ4n) is 4.40. The maximum absolute atomic E-state index is 13.7. The average molecular weight is 510 g/mol. The van der Waals surface area contributed by atoms with E-state index in [1.54, 1.807) is 43.7 Å². The molecule has 10 heteroatoms. The molecule has 3 aromatic rings. The molecule has 2 aromatic heterocycles. The Morgan fingerprint density at radius 3 is 2.64 bits per heavy atom. The predicted molar refractivity (Wildman–Crippen MR) is 135 cm³/mol. The van der Waals surface area contributed by atoms with Crippen molar-refractivity contribution in [2.24, 2.45) is 4.99 Å². The lowest BCUT2D eigenvalue weighted by Gasteiger charge is -2.26. The number of benzene rings is 1. The minimum atomic E-state index is -0.672. The molecule has 0 N–H and O–H groups in total. The van der Waals surface area contributed by atoms with Crippen molar-refractivity contribution in [1.29, 1.82) is 0 Å². The molecule has 0 spiro atoms. The molecule has 0 radical (unpaired) electrons. The highest BCUT2D eigenvalue weighted by Gasteiger charge is 2.33. The molecule has 5 rings (SSSR count). The van der Waals surface area contributed by atoms with Crippen molar-refractivity contribution in [2.75, 3.05) is 44.9 Å². The molecule has 0 saturated carbocycles. The number of morpholine rings is 1. The lowest BCUT2D eigenvalue weighted by molar-refractivity contribution is -0.139. The van der Waals surface area contributed by atoms with E-state index in [0.717, 1.165) is 24.5 Å². The second-order valence-electron chi connectivity index (χ2n) is 8.35. The number of aromatic nitrogens is 1. The Balaban J connectivity index is 1.60. The highest BCUT2D eigenvalue weighted by atomic mass is 32.1. The minimum absolute atomic E-state index is 0.222. The third kappa shape index (κ3) is 4.49. The van der Waals surface area contributed by atoms with Crippen molar-refractivity contribution in [3.8, 4) is 5.75 Å². The summed E-state index contributed by atoms with van der Waals surface area (Å²) >= 11 is 1.26. The number of carbonyl (C=O) groups excluding carboxylic acids is 1. The number of carbonyl (C=O) groups is 1. The number of allylic oxidation sites excluding steroid dienone is 1. The van der Waals surface area contributed by atoms with Crippen LogP contribution in [0.1, 0.15) is 31.2 Å². The van der Waals surface area contributed by atoms with Crippen LogP contribution in [0.2, 0.25) is 0 Å². The van der Waals surface area contributed by atoms with Gasteiger partial charge in [0.05, 0.1) is 48.8 Å². The molecule has 0 bridgehead atoms. The van der Waals surface area contributed by atoms with Gasteiger partial charge in [-0.05, 0) is 37.6 Å². The van der Waals surface area contributed by atoms with Gasteiger partial charge in [0.15, 0.2) is 10.7 Å². The first-order valence-electron chi connectivity index (χ1n) is 11.8. The third-order valence-electron chi connectivity index (χ3n) is 6.16. The standard InChI is InChI=1S/C26H27N3O6S/c1-4-34-25(31)22-16(2)27-26-29(23(22)17-5-7-18(32-3)8-6-17)24(30)20(36-26)15-19-9-10-21(35-19)28-11-13-33-14-12-28/h5-10,15,23H,4,11-14H2,1-3H3. The predicted octanol–water partition coefficient (Wildman–Crippen LogP) is 2.24. The number of furan rings is 1. The third-order valence-corrected chi connectivity index (χ3v) is 7.14. The lowest BCUT2D eigenvalue weighted by Crippen LogP contribution is -2.39. The van der Waals surface area contributed by atoms with Crippen molar-refractivity contribution < 1.29 is 23.4 Å². The molecule has 4 heterocycles. The summed E-state index contributed by atoms with van der Waals surface area (Å²) in [5, 5.41) is 0. The summed E-state index contributed by atoms with van der Waals surface area (Å²) in [6.45, 7) is 6.56. The Labute approximate surface area is 211 Å². The fraction of sp³-hybridized carbons (Fsp3) is 0.346. The molecule has 0 amide bonds. The quantitative estimate of drug-likeness (QED) is 0.471. The molecule has 2 aliphatic rings. The van der Waals surface area contributed by atoms with Crippen molar-refractivity contribution in [3.05, 3.63) is 78.7 Å². The zero-order chi connectivity index (χ0) is 25.2. The molecule has 1 aromatic carbocycles. The van der Waals surface area contributed by atoms with Gasteiger partial charge in [-0.25, -0.2) is 9.79 Å². The topological polar surface area (TPSA) is 95.5 Å². The largest absolute Gasteiger partial charge is 0.497 e. The van der Waals surface area contributed by atoms with Crippen molar-refractivity contribution >= 4 is 29.3 Å². The number of nitrogens with zero attached hydrogens (tertiary/aromatic N) is 3. The van der Waals surface area contributed by atoms with E-state index < -0.39 is 12.0 Å². The number of rotatable bonds is 6. The number of anilines is 1. The molecule has 1 atom stereocenters. The van der Waals surface area contributed by atoms with Gasteiger partial charge >= 0.3 is 5.97 Å². The van der Waals surface area contributed by atoms with Gasteiger partial charge in [0, 0.05) is 25.2 Å². The summed E-state index contributed by atoms with van der Waals surface area (Å²) in [6.07, 6.45) is 1.72. The van der Waals surface area contributed by atoms with E-state index in [1.165, 1.54) is 11.3 Å². The highest BCUT2D eigenvalue weighted by Crippen LogP contribution is 2.31. The Morgan fingerprint density at radius 1 is 1.19 bits per heavy atom. The van der Waals surface area contributed by atoms with E-state index in [1.807, 2.05) is 24.3 Å². The monoisotopic (exact) mass is 509 g/mol. The van der Waals surface area contributed by atoms with Crippen LogP contribution in [0.5, 0.6) is 5.75 Å². The van der Waals surface area contributed by atoms with Gasteiger partial charge in [-0.2, -0.15) is 0 Å². The van der Waals surface area contributed by atoms with Crippen LogP contribution in [0, 0.1) is 0 Å². The Kier molecular flexibility index (Phi) is 6.80. The molecule has 36 heavy (non-hydrogen) atoms. The number of esters is 1. The number of hydrogen-bond donors (Lipinski definition) is 0. The second-order valence-corrected chi connectivity index (χ2v) is 9.36. The van der Waals surface area contributed by atoms with Crippen molar-refractivity contribution in [2.45, 2.75) is 19.9 Å². The normalized spacial score (nSPS) is 18.1. The van der Waals surface area contributed by atoms with Gasteiger partial charge in [0.25, 0.3) is 5.56 Å². The molecular formula is C26H27N3O6S. The summed E-state index contributed by atoms with van der Waals surface area (Å²) in [5.74, 6) is 1.51. The fourth-order valence-corrected chi connectivity index (χ4v) is 5.42. The maximum Gasteiger partial charge on any atom is 0.338 e. The summed E-state index contributed by atoms with van der Waals surface area (Å²) in [4.78, 5) is 33.9. The summed E-state index contributed by atoms with van der Waals surface area (Å²) in [7, 11) is 1.59. The second kappa shape index (κ2) is 10.2. The van der Waals surface area contributed by atoms with Crippen LogP contribution < -0.4 is 24.5 Å². The zero-order valence-corrected chi connectivity index (χ0v) is 21.2. The SMILES string of the molecule is CCOC(=O)C1=C(C)N=c2sc(=Cc3ccc(N4CCOCC4)o3)c(=O)n2C1c1ccc(OC)cc1. The first-order valence-corrected chi connectivity index (χ1v) is 12.6. The Bertz CT molecular complexity index is 1470. The molecule has 188 valence electrons. The van der Waals surface area contributed by atoms with Gasteiger partial charge in [0.1, 0.15) is 11.5 Å². The molecule has 2 aliphatic heterocycles. The molecule has 1 saturated heterocycles. The van der Waals surface area contributed by atoms with Crippen LogP contribution in [0.25, 0.3) is 6.08 Å². The summed E-state index contributed by atoms with van der Waals surface area (Å²) in [5.41, 5.74) is 1.37. The van der Waals surface area contributed by atoms with Gasteiger partial charge in [-0.15, -0.1) is 0 Å². The van der Waals surface area contributed by atoms with Crippen LogP contribution in [-0.2, 0) is 14.3 Å². The molecule has 1 unspecified atom stereocenters. The summed E-state index contributed by atoms with van der Waals surface area (Å²) < 4.78 is 24.1. The van der Waals surface area contributed by atoms with Crippen LogP contribution in [0.15, 0.2) is 61.9 Å². The number of hydrogen-bond acceptors (Lipinski definition) is 9. The van der Waals surface area contributed by atoms with Gasteiger partial charge in [-0.3, -0.25) is 9.36 Å². The first kappa shape index (κ1) is 24.1. The van der Waals surface area contributed by atoms with E-state index in [4.69, 9.17) is 18.6 Å². The summed E-state index contributed by atoms with van der Waals surface area (Å²) in [6, 6.07) is 10.4. The van der Waals surface area contributed by atoms with Crippen LogP contribution in [-0.4, -0.2) is 50.6 Å². The van der Waals surface area contributed by atoms with Gasteiger partial charge in [0.2, 0.25) is 0 Å². The van der Waals surface area contributed by atoms with E-state index in [9.17, 15) is 9.59 Å². The minimum Gasteiger partial charge on any atom is -0.497 e.